The molecule has 3 rings (SSSR count). The van der Waals surface area contributed by atoms with Crippen LogP contribution in [0.3, 0.4) is 0 Å². The summed E-state index contributed by atoms with van der Waals surface area (Å²) in [4.78, 5) is 24.8. The molecule has 0 unspecified atom stereocenters. The van der Waals surface area contributed by atoms with E-state index in [0.717, 1.165) is 31.5 Å². The maximum Gasteiger partial charge on any atom is 0.258 e. The van der Waals surface area contributed by atoms with E-state index in [9.17, 15) is 14.0 Å². The number of benzene rings is 2. The minimum absolute atomic E-state index is 0.0324. The maximum atomic E-state index is 13.8. The molecule has 0 radical (unpaired) electrons. The van der Waals surface area contributed by atoms with Crippen LogP contribution in [0.25, 0.3) is 0 Å². The van der Waals surface area contributed by atoms with Gasteiger partial charge in [0.05, 0.1) is 5.56 Å². The number of amides is 2. The third kappa shape index (κ3) is 4.26. The highest BCUT2D eigenvalue weighted by Crippen LogP contribution is 2.19. The number of nitrogens with one attached hydrogen (secondary N) is 3. The molecular formula is C20H22FN3O2. The van der Waals surface area contributed by atoms with Crippen LogP contribution in [0.4, 0.5) is 10.1 Å². The zero-order valence-electron chi connectivity index (χ0n) is 14.6. The van der Waals surface area contributed by atoms with E-state index in [1.165, 1.54) is 18.2 Å². The van der Waals surface area contributed by atoms with Crippen LogP contribution in [-0.4, -0.2) is 30.9 Å². The van der Waals surface area contributed by atoms with Gasteiger partial charge in [-0.2, -0.15) is 0 Å². The molecule has 2 amide bonds. The number of anilines is 1. The van der Waals surface area contributed by atoms with Gasteiger partial charge in [0.25, 0.3) is 11.8 Å². The van der Waals surface area contributed by atoms with Crippen molar-refractivity contribution in [3.05, 3.63) is 65.0 Å². The lowest BCUT2D eigenvalue weighted by molar-refractivity contribution is 0.0929. The van der Waals surface area contributed by atoms with Crippen molar-refractivity contribution in [1.82, 2.24) is 10.6 Å². The Kier molecular flexibility index (Phi) is 5.63. The maximum absolute atomic E-state index is 13.8. The SMILES string of the molecule is Cc1ccc(C(=O)N[C@H]2CCCNC2)cc1NC(=O)c1ccccc1F. The van der Waals surface area contributed by atoms with Crippen LogP contribution in [0.2, 0.25) is 0 Å². The summed E-state index contributed by atoms with van der Waals surface area (Å²) in [6.07, 6.45) is 1.98. The summed E-state index contributed by atoms with van der Waals surface area (Å²) in [5.74, 6) is -1.30. The van der Waals surface area contributed by atoms with E-state index in [1.807, 2.05) is 6.92 Å². The second-order valence-corrected chi connectivity index (χ2v) is 6.48. The summed E-state index contributed by atoms with van der Waals surface area (Å²) in [6, 6.07) is 11.0. The topological polar surface area (TPSA) is 70.2 Å². The molecular weight excluding hydrogens is 333 g/mol. The molecule has 2 aromatic rings. The monoisotopic (exact) mass is 355 g/mol. The van der Waals surface area contributed by atoms with Crippen LogP contribution in [-0.2, 0) is 0 Å². The Hall–Kier alpha value is -2.73. The molecule has 1 aliphatic heterocycles. The number of hydrogen-bond donors (Lipinski definition) is 3. The molecule has 2 aromatic carbocycles. The van der Waals surface area contributed by atoms with Crippen molar-refractivity contribution < 1.29 is 14.0 Å². The van der Waals surface area contributed by atoms with E-state index >= 15 is 0 Å². The number of aryl methyl sites for hydroxylation is 1. The summed E-state index contributed by atoms with van der Waals surface area (Å²) < 4.78 is 13.8. The Morgan fingerprint density at radius 2 is 1.96 bits per heavy atom. The Labute approximate surface area is 152 Å². The lowest BCUT2D eigenvalue weighted by atomic mass is 10.1. The zero-order valence-corrected chi connectivity index (χ0v) is 14.6. The average molecular weight is 355 g/mol. The fourth-order valence-electron chi connectivity index (χ4n) is 2.98. The fourth-order valence-corrected chi connectivity index (χ4v) is 2.98. The summed E-state index contributed by atoms with van der Waals surface area (Å²) >= 11 is 0. The lowest BCUT2D eigenvalue weighted by Gasteiger charge is -2.24. The van der Waals surface area contributed by atoms with Crippen molar-refractivity contribution in [1.29, 1.82) is 0 Å². The Morgan fingerprint density at radius 1 is 1.15 bits per heavy atom. The van der Waals surface area contributed by atoms with Crippen molar-refractivity contribution in [2.75, 3.05) is 18.4 Å². The molecule has 26 heavy (non-hydrogen) atoms. The van der Waals surface area contributed by atoms with Gasteiger partial charge in [0.2, 0.25) is 0 Å². The number of halogens is 1. The zero-order chi connectivity index (χ0) is 18.5. The Bertz CT molecular complexity index is 816. The standard InChI is InChI=1S/C20H22FN3O2/c1-13-8-9-14(19(25)23-15-5-4-10-22-12-15)11-18(13)24-20(26)16-6-2-3-7-17(16)21/h2-3,6-9,11,15,22H,4-5,10,12H2,1H3,(H,23,25)(H,24,26)/t15-/m0/s1. The van der Waals surface area contributed by atoms with Crippen LogP contribution in [0.1, 0.15) is 39.1 Å². The van der Waals surface area contributed by atoms with Gasteiger partial charge in [0.15, 0.2) is 0 Å². The third-order valence-electron chi connectivity index (χ3n) is 4.50. The Morgan fingerprint density at radius 3 is 2.69 bits per heavy atom. The van der Waals surface area contributed by atoms with Crippen molar-refractivity contribution in [2.45, 2.75) is 25.8 Å². The number of carbonyl (C=O) groups is 2. The van der Waals surface area contributed by atoms with Crippen LogP contribution in [0.5, 0.6) is 0 Å². The molecule has 1 atom stereocenters. The Balaban J connectivity index is 1.74. The van der Waals surface area contributed by atoms with Crippen LogP contribution < -0.4 is 16.0 Å². The summed E-state index contributed by atoms with van der Waals surface area (Å²) in [5.41, 5.74) is 1.72. The van der Waals surface area contributed by atoms with Gasteiger partial charge < -0.3 is 16.0 Å². The molecule has 0 aromatic heterocycles. The third-order valence-corrected chi connectivity index (χ3v) is 4.50. The van der Waals surface area contributed by atoms with Crippen molar-refractivity contribution in [3.8, 4) is 0 Å². The first kappa shape index (κ1) is 18.1. The molecule has 3 N–H and O–H groups in total. The quantitative estimate of drug-likeness (QED) is 0.790. The summed E-state index contributed by atoms with van der Waals surface area (Å²) in [7, 11) is 0. The summed E-state index contributed by atoms with van der Waals surface area (Å²) in [6.45, 7) is 3.56. The van der Waals surface area contributed by atoms with Crippen molar-refractivity contribution >= 4 is 17.5 Å². The molecule has 1 fully saturated rings. The highest BCUT2D eigenvalue weighted by atomic mass is 19.1. The molecule has 1 heterocycles. The number of carbonyl (C=O) groups excluding carboxylic acids is 2. The van der Waals surface area contributed by atoms with Crippen LogP contribution in [0.15, 0.2) is 42.5 Å². The van der Waals surface area contributed by atoms with Gasteiger partial charge in [0, 0.05) is 23.8 Å². The van der Waals surface area contributed by atoms with Crippen molar-refractivity contribution in [2.24, 2.45) is 0 Å². The molecule has 0 spiro atoms. The van der Waals surface area contributed by atoms with E-state index in [0.29, 0.717) is 11.3 Å². The largest absolute Gasteiger partial charge is 0.348 e. The van der Waals surface area contributed by atoms with E-state index in [-0.39, 0.29) is 17.5 Å². The van der Waals surface area contributed by atoms with E-state index in [4.69, 9.17) is 0 Å². The second-order valence-electron chi connectivity index (χ2n) is 6.48. The predicted molar refractivity (Wildman–Crippen MR) is 98.9 cm³/mol. The normalized spacial score (nSPS) is 16.8. The van der Waals surface area contributed by atoms with Gasteiger partial charge in [-0.05, 0) is 56.1 Å². The van der Waals surface area contributed by atoms with Gasteiger partial charge in [-0.25, -0.2) is 4.39 Å². The minimum atomic E-state index is -0.582. The average Bonchev–Trinajstić information content (AvgIpc) is 2.64. The molecule has 1 aliphatic rings. The number of hydrogen-bond acceptors (Lipinski definition) is 3. The van der Waals surface area contributed by atoms with Crippen LogP contribution >= 0.6 is 0 Å². The van der Waals surface area contributed by atoms with E-state index in [1.54, 1.807) is 24.3 Å². The van der Waals surface area contributed by atoms with Gasteiger partial charge >= 0.3 is 0 Å². The van der Waals surface area contributed by atoms with Gasteiger partial charge in [-0.3, -0.25) is 9.59 Å². The summed E-state index contributed by atoms with van der Waals surface area (Å²) in [5, 5.41) is 8.95. The number of rotatable bonds is 4. The van der Waals surface area contributed by atoms with Crippen LogP contribution in [0, 0.1) is 12.7 Å². The molecule has 0 bridgehead atoms. The molecule has 6 heteroatoms. The molecule has 1 saturated heterocycles. The minimum Gasteiger partial charge on any atom is -0.348 e. The number of piperidine rings is 1. The molecule has 0 saturated carbocycles. The van der Waals surface area contributed by atoms with Crippen molar-refractivity contribution in [3.63, 3.8) is 0 Å². The smallest absolute Gasteiger partial charge is 0.258 e. The van der Waals surface area contributed by atoms with Gasteiger partial charge in [-0.15, -0.1) is 0 Å². The molecule has 5 nitrogen and oxygen atoms in total. The first-order chi connectivity index (χ1) is 12.5. The second kappa shape index (κ2) is 8.10. The molecule has 136 valence electrons. The van der Waals surface area contributed by atoms with Gasteiger partial charge in [0.1, 0.15) is 5.82 Å². The fraction of sp³-hybridized carbons (Fsp3) is 0.300. The highest BCUT2D eigenvalue weighted by Gasteiger charge is 2.18. The first-order valence-electron chi connectivity index (χ1n) is 8.72. The van der Waals surface area contributed by atoms with Gasteiger partial charge in [-0.1, -0.05) is 18.2 Å². The highest BCUT2D eigenvalue weighted by molar-refractivity contribution is 6.05. The van der Waals surface area contributed by atoms with E-state index < -0.39 is 11.7 Å². The first-order valence-corrected chi connectivity index (χ1v) is 8.72. The van der Waals surface area contributed by atoms with E-state index in [2.05, 4.69) is 16.0 Å². The lowest BCUT2D eigenvalue weighted by Crippen LogP contribution is -2.45. The predicted octanol–water partition coefficient (Wildman–Crippen LogP) is 2.87. The molecule has 0 aliphatic carbocycles.